The largest absolute Gasteiger partial charge is 0.208 e. The van der Waals surface area contributed by atoms with Crippen LogP contribution in [-0.4, -0.2) is 23.0 Å². The molecule has 11 rings (SSSR count). The topological polar surface area (TPSA) is 38.7 Å². The Labute approximate surface area is 394 Å². The second kappa shape index (κ2) is 18.7. The molecule has 0 spiro atoms. The normalized spacial score (nSPS) is 13.3. The van der Waals surface area contributed by atoms with Gasteiger partial charge >= 0.3 is 0 Å². The van der Waals surface area contributed by atoms with Crippen molar-refractivity contribution in [3.8, 4) is 78.7 Å². The Morgan fingerprint density at radius 1 is 0.313 bits per heavy atom. The van der Waals surface area contributed by atoms with E-state index in [0.29, 0.717) is 23.0 Å². The van der Waals surface area contributed by atoms with Crippen LogP contribution in [0.2, 0.25) is 5.54 Å². The fourth-order valence-corrected chi connectivity index (χ4v) is 15.3. The number of benzene rings is 9. The fourth-order valence-electron chi connectivity index (χ4n) is 9.93. The van der Waals surface area contributed by atoms with Crippen LogP contribution in [0.1, 0.15) is 6.42 Å². The minimum Gasteiger partial charge on any atom is -0.208 e. The molecule has 0 saturated heterocycles. The van der Waals surface area contributed by atoms with Crippen molar-refractivity contribution >= 4 is 23.6 Å². The van der Waals surface area contributed by atoms with Gasteiger partial charge in [0.15, 0.2) is 25.5 Å². The quantitative estimate of drug-likeness (QED) is 0.0960. The molecule has 318 valence electrons. The molecule has 1 aliphatic carbocycles. The van der Waals surface area contributed by atoms with Crippen molar-refractivity contribution in [2.45, 2.75) is 12.0 Å². The molecule has 1 heterocycles. The van der Waals surface area contributed by atoms with E-state index in [-0.39, 0.29) is 0 Å². The summed E-state index contributed by atoms with van der Waals surface area (Å²) in [6.07, 6.45) is 10.3. The Morgan fingerprint density at radius 3 is 1.21 bits per heavy atom. The van der Waals surface area contributed by atoms with Gasteiger partial charge in [-0.05, 0) is 84.2 Å². The average molecular weight is 874 g/mol. The van der Waals surface area contributed by atoms with Crippen LogP contribution in [0.3, 0.4) is 0 Å². The summed E-state index contributed by atoms with van der Waals surface area (Å²) in [4.78, 5) is 15.0. The molecule has 1 unspecified atom stereocenters. The van der Waals surface area contributed by atoms with Gasteiger partial charge in [0.1, 0.15) is 0 Å². The molecule has 0 radical (unpaired) electrons. The predicted molar refractivity (Wildman–Crippen MR) is 282 cm³/mol. The fraction of sp³-hybridized carbons (Fsp3) is 0.0317. The van der Waals surface area contributed by atoms with Gasteiger partial charge in [-0.1, -0.05) is 255 Å². The van der Waals surface area contributed by atoms with Crippen LogP contribution in [0.25, 0.3) is 78.7 Å². The summed E-state index contributed by atoms with van der Waals surface area (Å²) in [6, 6.07) is 87.6. The maximum atomic E-state index is 5.05. The molecule has 0 amide bonds. The first-order valence-electron chi connectivity index (χ1n) is 23.0. The van der Waals surface area contributed by atoms with Gasteiger partial charge in [0.25, 0.3) is 0 Å². The minimum atomic E-state index is -2.68. The van der Waals surface area contributed by atoms with Crippen molar-refractivity contribution in [3.63, 3.8) is 0 Å². The monoisotopic (exact) mass is 873 g/mol. The van der Waals surface area contributed by atoms with Crippen LogP contribution in [0.5, 0.6) is 0 Å². The number of aromatic nitrogens is 3. The maximum absolute atomic E-state index is 5.05. The number of rotatable bonds is 11. The molecule has 0 N–H and O–H groups in total. The summed E-state index contributed by atoms with van der Waals surface area (Å²) < 4.78 is 0. The summed E-state index contributed by atoms with van der Waals surface area (Å²) in [5, 5.41) is 4.22. The van der Waals surface area contributed by atoms with Crippen LogP contribution < -0.4 is 15.6 Å². The first-order valence-corrected chi connectivity index (χ1v) is 25.1. The van der Waals surface area contributed by atoms with Crippen molar-refractivity contribution in [1.82, 2.24) is 15.0 Å². The van der Waals surface area contributed by atoms with E-state index in [1.165, 1.54) is 37.8 Å². The van der Waals surface area contributed by atoms with Crippen molar-refractivity contribution < 1.29 is 0 Å². The van der Waals surface area contributed by atoms with Crippen LogP contribution in [0.4, 0.5) is 0 Å². The van der Waals surface area contributed by atoms with Gasteiger partial charge in [-0.25, -0.2) is 15.0 Å². The molecular formula is C63H47N3Si. The van der Waals surface area contributed by atoms with Crippen LogP contribution in [0.15, 0.2) is 267 Å². The molecule has 3 nitrogen and oxygen atoms in total. The van der Waals surface area contributed by atoms with Crippen LogP contribution >= 0.6 is 0 Å². The van der Waals surface area contributed by atoms with Gasteiger partial charge in [-0.3, -0.25) is 0 Å². The highest BCUT2D eigenvalue weighted by Crippen LogP contribution is 2.44. The number of nitrogens with zero attached hydrogens (tertiary/aromatic N) is 3. The highest BCUT2D eigenvalue weighted by atomic mass is 28.3. The Balaban J connectivity index is 1.12. The summed E-state index contributed by atoms with van der Waals surface area (Å²) >= 11 is 0. The first kappa shape index (κ1) is 41.4. The zero-order chi connectivity index (χ0) is 44.8. The van der Waals surface area contributed by atoms with Crippen LogP contribution in [-0.2, 0) is 0 Å². The SMILES string of the molecule is C1=CCC([Si](c2ccccc2)(c2ccccc2)c2cccc(-c3cc(-c4ccccc4)cc(-c4ccc(-c5nc(-c6ccccc6)nc(-c6ccccc6)n5)cc4)c3-c3ccccc3)c2)C=C1. The van der Waals surface area contributed by atoms with E-state index in [4.69, 9.17) is 15.0 Å². The highest BCUT2D eigenvalue weighted by molar-refractivity contribution is 7.12. The summed E-state index contributed by atoms with van der Waals surface area (Å²) in [5.74, 6) is 1.92. The van der Waals surface area contributed by atoms with Gasteiger partial charge in [0, 0.05) is 16.7 Å². The maximum Gasteiger partial charge on any atom is 0.164 e. The van der Waals surface area contributed by atoms with E-state index >= 15 is 0 Å². The van der Waals surface area contributed by atoms with E-state index < -0.39 is 8.07 Å². The number of allylic oxidation sites excluding steroid dienone is 4. The summed E-state index contributed by atoms with van der Waals surface area (Å²) in [6.45, 7) is 0. The van der Waals surface area contributed by atoms with Gasteiger partial charge in [0.2, 0.25) is 0 Å². The molecule has 0 saturated carbocycles. The lowest BCUT2D eigenvalue weighted by molar-refractivity contribution is 0.997. The zero-order valence-corrected chi connectivity index (χ0v) is 38.0. The van der Waals surface area contributed by atoms with E-state index in [0.717, 1.165) is 45.4 Å². The van der Waals surface area contributed by atoms with E-state index in [9.17, 15) is 0 Å². The third-order valence-electron chi connectivity index (χ3n) is 13.1. The zero-order valence-electron chi connectivity index (χ0n) is 37.0. The second-order valence-electron chi connectivity index (χ2n) is 17.1. The molecule has 1 aliphatic rings. The second-order valence-corrected chi connectivity index (χ2v) is 21.2. The highest BCUT2D eigenvalue weighted by Gasteiger charge is 2.45. The van der Waals surface area contributed by atoms with E-state index in [1.807, 2.05) is 60.7 Å². The van der Waals surface area contributed by atoms with Crippen molar-refractivity contribution in [1.29, 1.82) is 0 Å². The lowest BCUT2D eigenvalue weighted by atomic mass is 9.84. The van der Waals surface area contributed by atoms with Gasteiger partial charge in [0.05, 0.1) is 0 Å². The molecule has 0 aliphatic heterocycles. The molecule has 67 heavy (non-hydrogen) atoms. The third-order valence-corrected chi connectivity index (χ3v) is 18.3. The van der Waals surface area contributed by atoms with Crippen molar-refractivity contribution in [2.24, 2.45) is 0 Å². The van der Waals surface area contributed by atoms with Gasteiger partial charge < -0.3 is 0 Å². The van der Waals surface area contributed by atoms with E-state index in [1.54, 1.807) is 0 Å². The Morgan fingerprint density at radius 2 is 0.716 bits per heavy atom. The molecule has 0 bridgehead atoms. The van der Waals surface area contributed by atoms with Crippen LogP contribution in [0, 0.1) is 0 Å². The Kier molecular flexibility index (Phi) is 11.5. The number of hydrogen-bond acceptors (Lipinski definition) is 3. The molecule has 10 aromatic rings. The smallest absolute Gasteiger partial charge is 0.164 e. The summed E-state index contributed by atoms with van der Waals surface area (Å²) in [5.41, 5.74) is 12.5. The van der Waals surface area contributed by atoms with Gasteiger partial charge in [-0.2, -0.15) is 0 Å². The number of hydrogen-bond donors (Lipinski definition) is 0. The molecule has 1 aromatic heterocycles. The van der Waals surface area contributed by atoms with Crippen molar-refractivity contribution in [2.75, 3.05) is 0 Å². The summed E-state index contributed by atoms with van der Waals surface area (Å²) in [7, 11) is -2.68. The predicted octanol–water partition coefficient (Wildman–Crippen LogP) is 13.9. The average Bonchev–Trinajstić information content (AvgIpc) is 3.42. The minimum absolute atomic E-state index is 0.327. The molecular weight excluding hydrogens is 827 g/mol. The van der Waals surface area contributed by atoms with E-state index in [2.05, 4.69) is 206 Å². The first-order chi connectivity index (χ1) is 33.2. The lowest BCUT2D eigenvalue weighted by Gasteiger charge is -2.40. The Bertz CT molecular complexity index is 3240. The third kappa shape index (κ3) is 8.20. The molecule has 9 aromatic carbocycles. The molecule has 4 heteroatoms. The molecule has 1 atom stereocenters. The van der Waals surface area contributed by atoms with Gasteiger partial charge in [-0.15, -0.1) is 0 Å². The molecule has 0 fully saturated rings. The standard InChI is InChI=1S/C63H47N3Si/c1-8-23-46(24-9-1)53-44-58(47-39-41-51(42-40-47)63-65-61(49-27-12-3-13-28-49)64-62(66-63)50-29-14-4-15-30-50)60(48-25-10-2-11-26-48)59(45-53)52-31-22-38-57(43-52)67(54-32-16-5-17-33-54,55-34-18-6-19-35-55)56-36-20-7-21-37-56/h1-36,38-45,56H,37H2. The Hall–Kier alpha value is -8.31. The lowest BCUT2D eigenvalue weighted by Crippen LogP contribution is -2.69. The van der Waals surface area contributed by atoms with Crippen molar-refractivity contribution in [3.05, 3.63) is 267 Å².